The summed E-state index contributed by atoms with van der Waals surface area (Å²) in [5.41, 5.74) is 4.54. The Hall–Kier alpha value is -2.87. The fraction of sp³-hybridized carbons (Fsp3) is 0.565. The molecule has 0 amide bonds. The second-order valence-corrected chi connectivity index (χ2v) is 10.5. The number of aliphatic hydroxyl groups excluding tert-OH is 2. The summed E-state index contributed by atoms with van der Waals surface area (Å²) in [7, 11) is -4.26. The molecule has 1 aliphatic heterocycles. The van der Waals surface area contributed by atoms with E-state index in [0.717, 1.165) is 23.7 Å². The monoisotopic (exact) mass is 555 g/mol. The molecule has 0 bridgehead atoms. The van der Waals surface area contributed by atoms with E-state index in [4.69, 9.17) is 24.3 Å². The third kappa shape index (κ3) is 7.59. The molecule has 6 atom stereocenters. The average molecular weight is 556 g/mol. The molecule has 0 spiro atoms. The number of aliphatic hydroxyl groups is 2. The van der Waals surface area contributed by atoms with Crippen LogP contribution < -0.4 is 21.0 Å². The standard InChI is InChI=1S/C23H34N5O9P/c1-4-15(5-2)12-34-22(31)14(3)27-38(33,37-16-9-7-6-8-10-16)35-13-17-19(29)20(30)21(36-17)28-23(32)26-18(24)11-25-28/h6-11,14-15,17,19-21,29-30H,4-5,12-13H2,1-3H3,(H,27,33)(H2,24,26,32)/t14-,17?,19?,20?,21?,38?/m0/s1. The van der Waals surface area contributed by atoms with Gasteiger partial charge >= 0.3 is 19.4 Å². The fourth-order valence-electron chi connectivity index (χ4n) is 3.63. The molecule has 5 unspecified atom stereocenters. The number of nitrogens with two attached hydrogens (primary N) is 1. The lowest BCUT2D eigenvalue weighted by atomic mass is 10.1. The smallest absolute Gasteiger partial charge is 0.459 e. The van der Waals surface area contributed by atoms with Crippen molar-refractivity contribution in [1.29, 1.82) is 0 Å². The van der Waals surface area contributed by atoms with Crippen molar-refractivity contribution < 1.29 is 38.1 Å². The van der Waals surface area contributed by atoms with E-state index in [0.29, 0.717) is 0 Å². The van der Waals surface area contributed by atoms with Crippen LogP contribution in [0.25, 0.3) is 0 Å². The lowest BCUT2D eigenvalue weighted by molar-refractivity contribution is -0.146. The van der Waals surface area contributed by atoms with Gasteiger partial charge in [0.05, 0.1) is 19.4 Å². The molecule has 1 fully saturated rings. The molecule has 15 heteroatoms. The van der Waals surface area contributed by atoms with Gasteiger partial charge in [-0.1, -0.05) is 44.9 Å². The molecule has 1 aromatic heterocycles. The van der Waals surface area contributed by atoms with Crippen LogP contribution >= 0.6 is 7.75 Å². The minimum absolute atomic E-state index is 0.128. The lowest BCUT2D eigenvalue weighted by Crippen LogP contribution is -2.38. The van der Waals surface area contributed by atoms with E-state index in [2.05, 4.69) is 15.2 Å². The molecule has 0 aliphatic carbocycles. The van der Waals surface area contributed by atoms with Gasteiger partial charge in [-0.05, 0) is 25.0 Å². The summed E-state index contributed by atoms with van der Waals surface area (Å²) < 4.78 is 36.4. The number of carbonyl (C=O) groups is 1. The largest absolute Gasteiger partial charge is 0.464 e. The van der Waals surface area contributed by atoms with Crippen LogP contribution in [-0.4, -0.2) is 68.5 Å². The minimum atomic E-state index is -4.26. The molecule has 3 rings (SSSR count). The van der Waals surface area contributed by atoms with E-state index < -0.39 is 56.6 Å². The molecular formula is C23H34N5O9P. The van der Waals surface area contributed by atoms with Crippen LogP contribution in [0.1, 0.15) is 39.8 Å². The van der Waals surface area contributed by atoms with E-state index in [1.807, 2.05) is 13.8 Å². The van der Waals surface area contributed by atoms with Crippen molar-refractivity contribution in [2.45, 2.75) is 64.2 Å². The maximum Gasteiger partial charge on any atom is 0.459 e. The number of para-hydroxylation sites is 1. The first-order chi connectivity index (χ1) is 18.1. The Labute approximate surface area is 219 Å². The zero-order valence-corrected chi connectivity index (χ0v) is 22.3. The molecule has 0 saturated carbocycles. The van der Waals surface area contributed by atoms with E-state index in [1.165, 1.54) is 6.92 Å². The number of ether oxygens (including phenoxy) is 2. The number of rotatable bonds is 13. The highest BCUT2D eigenvalue weighted by molar-refractivity contribution is 7.52. The van der Waals surface area contributed by atoms with Crippen molar-refractivity contribution in [1.82, 2.24) is 19.9 Å². The third-order valence-electron chi connectivity index (χ3n) is 6.01. The van der Waals surface area contributed by atoms with Crippen molar-refractivity contribution in [3.8, 4) is 5.75 Å². The number of nitrogens with one attached hydrogen (secondary N) is 1. The maximum atomic E-state index is 13.7. The number of anilines is 1. The van der Waals surface area contributed by atoms with Crippen LogP contribution in [0, 0.1) is 5.92 Å². The zero-order chi connectivity index (χ0) is 27.9. The van der Waals surface area contributed by atoms with Crippen LogP contribution in [-0.2, 0) is 23.4 Å². The molecule has 5 N–H and O–H groups in total. The fourth-order valence-corrected chi connectivity index (χ4v) is 5.13. The number of aromatic nitrogens is 3. The topological polar surface area (TPSA) is 197 Å². The van der Waals surface area contributed by atoms with Crippen LogP contribution in [0.4, 0.5) is 5.82 Å². The predicted octanol–water partition coefficient (Wildman–Crippen LogP) is 1.00. The van der Waals surface area contributed by atoms with Gasteiger partial charge < -0.3 is 29.9 Å². The molecule has 14 nitrogen and oxygen atoms in total. The molecule has 1 aliphatic rings. The van der Waals surface area contributed by atoms with Gasteiger partial charge in [-0.3, -0.25) is 9.32 Å². The third-order valence-corrected chi connectivity index (χ3v) is 7.66. The van der Waals surface area contributed by atoms with E-state index in [1.54, 1.807) is 30.3 Å². The summed E-state index contributed by atoms with van der Waals surface area (Å²) >= 11 is 0. The van der Waals surface area contributed by atoms with Crippen LogP contribution in [0.5, 0.6) is 5.75 Å². The Kier molecular flexibility index (Phi) is 10.4. The van der Waals surface area contributed by atoms with Gasteiger partial charge in [0.25, 0.3) is 0 Å². The van der Waals surface area contributed by atoms with Gasteiger partial charge in [-0.2, -0.15) is 19.9 Å². The first-order valence-electron chi connectivity index (χ1n) is 12.2. The van der Waals surface area contributed by atoms with Crippen LogP contribution in [0.3, 0.4) is 0 Å². The molecule has 1 aromatic carbocycles. The summed E-state index contributed by atoms with van der Waals surface area (Å²) in [4.78, 5) is 28.2. The van der Waals surface area contributed by atoms with Gasteiger partial charge in [-0.25, -0.2) is 9.36 Å². The van der Waals surface area contributed by atoms with Gasteiger partial charge in [0, 0.05) is 0 Å². The minimum Gasteiger partial charge on any atom is -0.464 e. The van der Waals surface area contributed by atoms with Crippen molar-refractivity contribution >= 4 is 19.5 Å². The van der Waals surface area contributed by atoms with Gasteiger partial charge in [0.15, 0.2) is 6.23 Å². The molecule has 2 heterocycles. The second-order valence-electron chi connectivity index (χ2n) is 8.82. The highest BCUT2D eigenvalue weighted by Gasteiger charge is 2.46. The van der Waals surface area contributed by atoms with E-state index >= 15 is 0 Å². The summed E-state index contributed by atoms with van der Waals surface area (Å²) in [6.07, 6.45) is -3.00. The van der Waals surface area contributed by atoms with E-state index in [9.17, 15) is 24.4 Å². The molecular weight excluding hydrogens is 521 g/mol. The van der Waals surface area contributed by atoms with Gasteiger partial charge in [-0.15, -0.1) is 0 Å². The molecule has 210 valence electrons. The number of carbonyl (C=O) groups excluding carboxylic acids is 1. The average Bonchev–Trinajstić information content (AvgIpc) is 3.17. The zero-order valence-electron chi connectivity index (χ0n) is 21.4. The molecule has 1 saturated heterocycles. The summed E-state index contributed by atoms with van der Waals surface area (Å²) in [6, 6.07) is 7.06. The summed E-state index contributed by atoms with van der Waals surface area (Å²) in [5.74, 6) is -0.382. The van der Waals surface area contributed by atoms with E-state index in [-0.39, 0.29) is 24.1 Å². The lowest BCUT2D eigenvalue weighted by Gasteiger charge is -2.25. The Bertz CT molecular complexity index is 1160. The highest BCUT2D eigenvalue weighted by Crippen LogP contribution is 2.46. The van der Waals surface area contributed by atoms with Crippen molar-refractivity contribution in [3.63, 3.8) is 0 Å². The predicted molar refractivity (Wildman–Crippen MR) is 135 cm³/mol. The molecule has 38 heavy (non-hydrogen) atoms. The van der Waals surface area contributed by atoms with Crippen molar-refractivity contribution in [3.05, 3.63) is 47.0 Å². The molecule has 0 radical (unpaired) electrons. The normalized spacial score (nSPS) is 23.6. The van der Waals surface area contributed by atoms with Crippen molar-refractivity contribution in [2.24, 2.45) is 5.92 Å². The Morgan fingerprint density at radius 2 is 1.92 bits per heavy atom. The number of hydrogen-bond donors (Lipinski definition) is 4. The van der Waals surface area contributed by atoms with Crippen LogP contribution in [0.2, 0.25) is 0 Å². The first-order valence-corrected chi connectivity index (χ1v) is 13.8. The highest BCUT2D eigenvalue weighted by atomic mass is 31.2. The Morgan fingerprint density at radius 3 is 2.55 bits per heavy atom. The van der Waals surface area contributed by atoms with Gasteiger partial charge in [0.1, 0.15) is 35.9 Å². The first kappa shape index (κ1) is 29.7. The molecule has 2 aromatic rings. The van der Waals surface area contributed by atoms with Crippen LogP contribution in [0.15, 0.2) is 41.3 Å². The number of nitrogens with zero attached hydrogens (tertiary/aromatic N) is 3. The Balaban J connectivity index is 1.71. The number of nitrogen functional groups attached to an aromatic ring is 1. The quantitative estimate of drug-likeness (QED) is 0.202. The SMILES string of the molecule is CCC(CC)COC(=O)[C@H](C)NP(=O)(OCC1OC(n2ncc(N)nc2=O)C(O)C1O)Oc1ccccc1. The number of hydrogen-bond acceptors (Lipinski definition) is 12. The summed E-state index contributed by atoms with van der Waals surface area (Å²) in [6.45, 7) is 5.12. The second kappa shape index (κ2) is 13.3. The number of esters is 1. The maximum absolute atomic E-state index is 13.7. The summed E-state index contributed by atoms with van der Waals surface area (Å²) in [5, 5.41) is 27.3. The Morgan fingerprint density at radius 1 is 1.24 bits per heavy atom. The van der Waals surface area contributed by atoms with Gasteiger partial charge in [0.2, 0.25) is 0 Å². The van der Waals surface area contributed by atoms with Crippen molar-refractivity contribution in [2.75, 3.05) is 18.9 Å². The number of benzene rings is 1.